The lowest BCUT2D eigenvalue weighted by molar-refractivity contribution is 0.417. The molecule has 0 spiro atoms. The summed E-state index contributed by atoms with van der Waals surface area (Å²) in [7, 11) is -2.31. The molecule has 1 heterocycles. The molecule has 1 aromatic heterocycles. The molecule has 0 aliphatic carbocycles. The molecule has 0 radical (unpaired) electrons. The smallest absolute Gasteiger partial charge is 0.271 e. The first kappa shape index (κ1) is 15.4. The molecule has 1 aromatic carbocycles. The Morgan fingerprint density at radius 1 is 1.33 bits per heavy atom. The number of aryl methyl sites for hydroxylation is 1. The summed E-state index contributed by atoms with van der Waals surface area (Å²) >= 11 is 1.21. The lowest BCUT2D eigenvalue weighted by atomic mass is 10.2. The molecular formula is C14H14N2O3S2. The van der Waals surface area contributed by atoms with Gasteiger partial charge in [-0.25, -0.2) is 8.42 Å². The highest BCUT2D eigenvalue weighted by atomic mass is 32.2. The molecule has 110 valence electrons. The Bertz CT molecular complexity index is 789. The lowest BCUT2D eigenvalue weighted by Gasteiger charge is -2.12. The quantitative estimate of drug-likeness (QED) is 0.917. The molecule has 1 N–H and O–H groups in total. The number of nitrogens with zero attached hydrogens (tertiary/aromatic N) is 1. The first-order valence-corrected chi connectivity index (χ1v) is 8.50. The van der Waals surface area contributed by atoms with Gasteiger partial charge in [-0.15, -0.1) is 11.3 Å². The summed E-state index contributed by atoms with van der Waals surface area (Å²) in [5, 5.41) is 9.11. The number of hydrogen-bond acceptors (Lipinski definition) is 5. The fraction of sp³-hybridized carbons (Fsp3) is 0.214. The summed E-state index contributed by atoms with van der Waals surface area (Å²) in [6.07, 6.45) is 0.776. The zero-order chi connectivity index (χ0) is 15.5. The first-order chi connectivity index (χ1) is 10.0. The van der Waals surface area contributed by atoms with Crippen LogP contribution < -0.4 is 9.46 Å². The number of sulfonamides is 1. The summed E-state index contributed by atoms with van der Waals surface area (Å²) in [6.45, 7) is 1.96. The van der Waals surface area contributed by atoms with E-state index in [-0.39, 0.29) is 15.5 Å². The molecule has 2 rings (SSSR count). The second-order valence-electron chi connectivity index (χ2n) is 4.17. The van der Waals surface area contributed by atoms with E-state index in [1.54, 1.807) is 24.3 Å². The minimum atomic E-state index is -3.73. The normalized spacial score (nSPS) is 10.9. The van der Waals surface area contributed by atoms with Crippen molar-refractivity contribution in [3.63, 3.8) is 0 Å². The summed E-state index contributed by atoms with van der Waals surface area (Å²) in [4.78, 5) is 0.982. The lowest BCUT2D eigenvalue weighted by Crippen LogP contribution is -2.13. The third-order valence-electron chi connectivity index (χ3n) is 2.85. The number of ether oxygens (including phenoxy) is 1. The second-order valence-corrected chi connectivity index (χ2v) is 7.25. The van der Waals surface area contributed by atoms with Crippen molar-refractivity contribution >= 4 is 27.0 Å². The molecular weight excluding hydrogens is 308 g/mol. The molecule has 21 heavy (non-hydrogen) atoms. The first-order valence-electron chi connectivity index (χ1n) is 6.20. The predicted octanol–water partition coefficient (Wildman–Crippen LogP) is 2.99. The number of nitriles is 1. The maximum absolute atomic E-state index is 12.4. The van der Waals surface area contributed by atoms with Crippen LogP contribution in [0.5, 0.6) is 5.75 Å². The van der Waals surface area contributed by atoms with Crippen LogP contribution in [-0.4, -0.2) is 15.5 Å². The van der Waals surface area contributed by atoms with Crippen LogP contribution in [-0.2, 0) is 16.4 Å². The molecule has 0 aliphatic rings. The van der Waals surface area contributed by atoms with E-state index in [0.29, 0.717) is 5.75 Å². The second kappa shape index (κ2) is 6.16. The standard InChI is InChI=1S/C14H14N2O3S2/c1-3-11-7-8-13(20-11)21(17,18)16-14-10(9-15)5-4-6-12(14)19-2/h4-8,16H,3H2,1-2H3. The van der Waals surface area contributed by atoms with Crippen LogP contribution in [0.2, 0.25) is 0 Å². The molecule has 2 aromatic rings. The Kier molecular flexibility index (Phi) is 4.50. The molecule has 0 aliphatic heterocycles. The fourth-order valence-electron chi connectivity index (χ4n) is 1.78. The Hall–Kier alpha value is -2.04. The average molecular weight is 322 g/mol. The third kappa shape index (κ3) is 3.17. The minimum absolute atomic E-state index is 0.161. The maximum Gasteiger partial charge on any atom is 0.271 e. The number of rotatable bonds is 5. The number of nitrogens with one attached hydrogen (secondary N) is 1. The minimum Gasteiger partial charge on any atom is -0.495 e. The van der Waals surface area contributed by atoms with Crippen molar-refractivity contribution in [2.75, 3.05) is 11.8 Å². The van der Waals surface area contributed by atoms with Gasteiger partial charge in [0.05, 0.1) is 12.7 Å². The number of benzene rings is 1. The van der Waals surface area contributed by atoms with E-state index in [4.69, 9.17) is 10.00 Å². The number of anilines is 1. The summed E-state index contributed by atoms with van der Waals surface area (Å²) in [5.74, 6) is 0.310. The van der Waals surface area contributed by atoms with Crippen molar-refractivity contribution in [2.45, 2.75) is 17.6 Å². The topological polar surface area (TPSA) is 79.2 Å². The van der Waals surface area contributed by atoms with Gasteiger partial charge in [-0.3, -0.25) is 4.72 Å². The number of methoxy groups -OCH3 is 1. The van der Waals surface area contributed by atoms with Crippen molar-refractivity contribution in [3.05, 3.63) is 40.8 Å². The molecule has 0 saturated carbocycles. The Labute approximate surface area is 127 Å². The SMILES string of the molecule is CCc1ccc(S(=O)(=O)Nc2c(C#N)cccc2OC)s1. The van der Waals surface area contributed by atoms with Crippen LogP contribution in [0.15, 0.2) is 34.5 Å². The molecule has 5 nitrogen and oxygen atoms in total. The summed E-state index contributed by atoms with van der Waals surface area (Å²) in [6, 6.07) is 10.1. The largest absolute Gasteiger partial charge is 0.495 e. The van der Waals surface area contributed by atoms with Gasteiger partial charge < -0.3 is 4.74 Å². The van der Waals surface area contributed by atoms with Crippen molar-refractivity contribution in [1.29, 1.82) is 5.26 Å². The van der Waals surface area contributed by atoms with E-state index < -0.39 is 10.0 Å². The van der Waals surface area contributed by atoms with Crippen molar-refractivity contribution in [1.82, 2.24) is 0 Å². The highest BCUT2D eigenvalue weighted by Crippen LogP contribution is 2.31. The molecule has 0 atom stereocenters. The van der Waals surface area contributed by atoms with Crippen LogP contribution in [0.25, 0.3) is 0 Å². The molecule has 7 heteroatoms. The highest BCUT2D eigenvalue weighted by Gasteiger charge is 2.20. The van der Waals surface area contributed by atoms with Crippen LogP contribution in [0.1, 0.15) is 17.4 Å². The Morgan fingerprint density at radius 3 is 2.67 bits per heavy atom. The Morgan fingerprint density at radius 2 is 2.10 bits per heavy atom. The fourth-order valence-corrected chi connectivity index (χ4v) is 4.16. The molecule has 0 amide bonds. The number of para-hydroxylation sites is 1. The zero-order valence-corrected chi connectivity index (χ0v) is 13.2. The van der Waals surface area contributed by atoms with E-state index in [0.717, 1.165) is 11.3 Å². The number of thiophene rings is 1. The predicted molar refractivity (Wildman–Crippen MR) is 82.2 cm³/mol. The van der Waals surface area contributed by atoms with Crippen molar-refractivity contribution in [2.24, 2.45) is 0 Å². The van der Waals surface area contributed by atoms with E-state index in [1.807, 2.05) is 13.0 Å². The van der Waals surface area contributed by atoms with Gasteiger partial charge in [0.2, 0.25) is 0 Å². The highest BCUT2D eigenvalue weighted by molar-refractivity contribution is 7.94. The van der Waals surface area contributed by atoms with E-state index in [2.05, 4.69) is 4.72 Å². The molecule has 0 bridgehead atoms. The van der Waals surface area contributed by atoms with Gasteiger partial charge in [0.1, 0.15) is 21.7 Å². The summed E-state index contributed by atoms with van der Waals surface area (Å²) in [5.41, 5.74) is 0.374. The van der Waals surface area contributed by atoms with Gasteiger partial charge >= 0.3 is 0 Å². The van der Waals surface area contributed by atoms with Crippen LogP contribution in [0.3, 0.4) is 0 Å². The van der Waals surface area contributed by atoms with Crippen LogP contribution in [0, 0.1) is 11.3 Å². The summed E-state index contributed by atoms with van der Waals surface area (Å²) < 4.78 is 32.6. The van der Waals surface area contributed by atoms with Crippen molar-refractivity contribution in [3.8, 4) is 11.8 Å². The average Bonchev–Trinajstić information content (AvgIpc) is 2.97. The zero-order valence-electron chi connectivity index (χ0n) is 11.6. The third-order valence-corrected chi connectivity index (χ3v) is 5.92. The monoisotopic (exact) mass is 322 g/mol. The van der Waals surface area contributed by atoms with Gasteiger partial charge in [-0.1, -0.05) is 13.0 Å². The van der Waals surface area contributed by atoms with Gasteiger partial charge in [-0.05, 0) is 30.7 Å². The molecule has 0 unspecified atom stereocenters. The van der Waals surface area contributed by atoms with Gasteiger partial charge in [0.15, 0.2) is 0 Å². The maximum atomic E-state index is 12.4. The van der Waals surface area contributed by atoms with E-state index >= 15 is 0 Å². The number of hydrogen-bond donors (Lipinski definition) is 1. The van der Waals surface area contributed by atoms with Crippen LogP contribution in [0.4, 0.5) is 5.69 Å². The van der Waals surface area contributed by atoms with E-state index in [9.17, 15) is 8.42 Å². The van der Waals surface area contributed by atoms with Crippen molar-refractivity contribution < 1.29 is 13.2 Å². The Balaban J connectivity index is 2.44. The molecule has 0 saturated heterocycles. The van der Waals surface area contributed by atoms with Gasteiger partial charge in [0, 0.05) is 4.88 Å². The van der Waals surface area contributed by atoms with E-state index in [1.165, 1.54) is 24.5 Å². The van der Waals surface area contributed by atoms with Gasteiger partial charge in [0.25, 0.3) is 10.0 Å². The molecule has 0 fully saturated rings. The van der Waals surface area contributed by atoms with Crippen LogP contribution >= 0.6 is 11.3 Å². The van der Waals surface area contributed by atoms with Gasteiger partial charge in [-0.2, -0.15) is 5.26 Å².